The molecule has 0 fully saturated rings. The van der Waals surface area contributed by atoms with Gasteiger partial charge in [0.25, 0.3) is 5.91 Å². The minimum Gasteiger partial charge on any atom is -0.347 e. The summed E-state index contributed by atoms with van der Waals surface area (Å²) in [5, 5.41) is 5.31. The SMILES string of the molecule is CCOC1(c2ccc(Cl)c(S(N)(=O)=O)c2)c2ccccc2C(=O)N1CC. The Labute approximate surface area is 157 Å². The molecule has 2 aromatic rings. The minimum atomic E-state index is -4.03. The van der Waals surface area contributed by atoms with Gasteiger partial charge in [-0.2, -0.15) is 0 Å². The van der Waals surface area contributed by atoms with Crippen LogP contribution in [0.4, 0.5) is 0 Å². The zero-order valence-electron chi connectivity index (χ0n) is 14.4. The van der Waals surface area contributed by atoms with Crippen LogP contribution in [0.3, 0.4) is 0 Å². The van der Waals surface area contributed by atoms with E-state index in [1.54, 1.807) is 23.1 Å². The number of hydrogen-bond acceptors (Lipinski definition) is 4. The highest BCUT2D eigenvalue weighted by Crippen LogP contribution is 2.46. The predicted octanol–water partition coefficient (Wildman–Crippen LogP) is 2.70. The fourth-order valence-electron chi connectivity index (χ4n) is 3.46. The average molecular weight is 395 g/mol. The van der Waals surface area contributed by atoms with Crippen molar-refractivity contribution in [2.24, 2.45) is 5.14 Å². The monoisotopic (exact) mass is 394 g/mol. The first-order valence-corrected chi connectivity index (χ1v) is 10.1. The number of nitrogens with zero attached hydrogens (tertiary/aromatic N) is 1. The standard InChI is InChI=1S/C18H19ClN2O4S/c1-3-21-17(22)13-7-5-6-8-14(13)18(21,25-4-2)12-9-10-15(19)16(11-12)26(20,23)24/h5-11H,3-4H2,1-2H3,(H2,20,23,24). The number of amides is 1. The van der Waals surface area contributed by atoms with Crippen LogP contribution in [0.5, 0.6) is 0 Å². The number of carbonyl (C=O) groups excluding carboxylic acids is 1. The fourth-order valence-corrected chi connectivity index (χ4v) is 4.53. The smallest absolute Gasteiger partial charge is 0.257 e. The van der Waals surface area contributed by atoms with E-state index in [9.17, 15) is 13.2 Å². The molecule has 6 nitrogen and oxygen atoms in total. The Hall–Kier alpha value is -1.93. The summed E-state index contributed by atoms with van der Waals surface area (Å²) in [7, 11) is -4.03. The molecule has 1 atom stereocenters. The molecule has 2 aromatic carbocycles. The Morgan fingerprint density at radius 2 is 1.88 bits per heavy atom. The van der Waals surface area contributed by atoms with E-state index in [1.807, 2.05) is 26.0 Å². The van der Waals surface area contributed by atoms with Gasteiger partial charge in [0.05, 0.1) is 5.02 Å². The number of hydrogen-bond donors (Lipinski definition) is 1. The van der Waals surface area contributed by atoms with Gasteiger partial charge >= 0.3 is 0 Å². The van der Waals surface area contributed by atoms with Crippen LogP contribution in [0.2, 0.25) is 5.02 Å². The van der Waals surface area contributed by atoms with Crippen LogP contribution in [0.25, 0.3) is 0 Å². The van der Waals surface area contributed by atoms with Crippen molar-refractivity contribution in [3.63, 3.8) is 0 Å². The van der Waals surface area contributed by atoms with E-state index in [0.717, 1.165) is 0 Å². The molecule has 0 aliphatic carbocycles. The Kier molecular flexibility index (Phi) is 4.83. The van der Waals surface area contributed by atoms with E-state index >= 15 is 0 Å². The summed E-state index contributed by atoms with van der Waals surface area (Å²) in [5.41, 5.74) is 0.431. The molecule has 0 bridgehead atoms. The molecule has 1 unspecified atom stereocenters. The molecular formula is C18H19ClN2O4S. The van der Waals surface area contributed by atoms with E-state index in [-0.39, 0.29) is 15.8 Å². The van der Waals surface area contributed by atoms with E-state index in [0.29, 0.717) is 29.8 Å². The second kappa shape index (κ2) is 6.66. The van der Waals surface area contributed by atoms with Crippen LogP contribution < -0.4 is 5.14 Å². The van der Waals surface area contributed by atoms with Gasteiger partial charge in [-0.1, -0.05) is 35.9 Å². The van der Waals surface area contributed by atoms with E-state index in [1.165, 1.54) is 12.1 Å². The van der Waals surface area contributed by atoms with Crippen molar-refractivity contribution in [2.45, 2.75) is 24.5 Å². The van der Waals surface area contributed by atoms with Gasteiger partial charge in [0.1, 0.15) is 4.90 Å². The summed E-state index contributed by atoms with van der Waals surface area (Å²) in [6.07, 6.45) is 0. The molecule has 1 aliphatic rings. The first kappa shape index (κ1) is 18.8. The zero-order chi connectivity index (χ0) is 19.1. The quantitative estimate of drug-likeness (QED) is 0.844. The molecule has 0 aromatic heterocycles. The number of halogens is 1. The summed E-state index contributed by atoms with van der Waals surface area (Å²) in [6, 6.07) is 11.6. The number of primary sulfonamides is 1. The molecule has 8 heteroatoms. The van der Waals surface area contributed by atoms with Gasteiger partial charge in [-0.3, -0.25) is 4.79 Å². The normalized spacial score (nSPS) is 19.7. The highest BCUT2D eigenvalue weighted by Gasteiger charge is 2.51. The molecule has 0 saturated carbocycles. The Morgan fingerprint density at radius 3 is 2.50 bits per heavy atom. The third-order valence-electron chi connectivity index (χ3n) is 4.45. The lowest BCUT2D eigenvalue weighted by molar-refractivity contribution is -0.101. The summed E-state index contributed by atoms with van der Waals surface area (Å²) in [5.74, 6) is -0.177. The van der Waals surface area contributed by atoms with Crippen LogP contribution in [0.15, 0.2) is 47.4 Å². The van der Waals surface area contributed by atoms with Crippen LogP contribution in [0.1, 0.15) is 35.3 Å². The number of rotatable bonds is 5. The summed E-state index contributed by atoms with van der Waals surface area (Å²) < 4.78 is 29.9. The summed E-state index contributed by atoms with van der Waals surface area (Å²) in [4.78, 5) is 14.3. The number of benzene rings is 2. The molecule has 2 N–H and O–H groups in total. The third kappa shape index (κ3) is 2.72. The maximum atomic E-state index is 12.9. The Balaban J connectivity index is 2.35. The molecular weight excluding hydrogens is 376 g/mol. The first-order valence-electron chi connectivity index (χ1n) is 8.15. The van der Waals surface area contributed by atoms with Crippen LogP contribution in [-0.2, 0) is 20.5 Å². The topological polar surface area (TPSA) is 89.7 Å². The average Bonchev–Trinajstić information content (AvgIpc) is 2.84. The molecule has 26 heavy (non-hydrogen) atoms. The van der Waals surface area contributed by atoms with Crippen molar-refractivity contribution in [3.05, 3.63) is 64.2 Å². The van der Waals surface area contributed by atoms with Crippen LogP contribution in [-0.4, -0.2) is 32.4 Å². The molecule has 1 heterocycles. The van der Waals surface area contributed by atoms with E-state index in [4.69, 9.17) is 21.5 Å². The molecule has 3 rings (SSSR count). The number of fused-ring (bicyclic) bond motifs is 1. The Bertz CT molecular complexity index is 977. The largest absolute Gasteiger partial charge is 0.347 e. The van der Waals surface area contributed by atoms with Crippen molar-refractivity contribution in [2.75, 3.05) is 13.2 Å². The molecule has 1 amide bonds. The second-order valence-electron chi connectivity index (χ2n) is 5.86. The van der Waals surface area contributed by atoms with Crippen molar-refractivity contribution in [1.82, 2.24) is 4.90 Å². The summed E-state index contributed by atoms with van der Waals surface area (Å²) in [6.45, 7) is 4.35. The summed E-state index contributed by atoms with van der Waals surface area (Å²) >= 11 is 6.03. The van der Waals surface area contributed by atoms with Gasteiger partial charge in [-0.25, -0.2) is 13.6 Å². The van der Waals surface area contributed by atoms with Crippen LogP contribution in [0, 0.1) is 0 Å². The van der Waals surface area contributed by atoms with Gasteiger partial charge in [-0.05, 0) is 32.0 Å². The zero-order valence-corrected chi connectivity index (χ0v) is 16.0. The highest BCUT2D eigenvalue weighted by molar-refractivity contribution is 7.89. The van der Waals surface area contributed by atoms with Crippen molar-refractivity contribution >= 4 is 27.5 Å². The highest BCUT2D eigenvalue weighted by atomic mass is 35.5. The van der Waals surface area contributed by atoms with E-state index in [2.05, 4.69) is 0 Å². The number of sulfonamides is 1. The molecule has 0 saturated heterocycles. The van der Waals surface area contributed by atoms with Crippen molar-refractivity contribution < 1.29 is 17.9 Å². The van der Waals surface area contributed by atoms with Crippen molar-refractivity contribution in [3.8, 4) is 0 Å². The van der Waals surface area contributed by atoms with Gasteiger partial charge in [0.2, 0.25) is 10.0 Å². The van der Waals surface area contributed by atoms with E-state index < -0.39 is 15.7 Å². The lowest BCUT2D eigenvalue weighted by Gasteiger charge is -2.39. The number of carbonyl (C=O) groups is 1. The minimum absolute atomic E-state index is 0.0172. The van der Waals surface area contributed by atoms with Gasteiger partial charge < -0.3 is 9.64 Å². The maximum absolute atomic E-state index is 12.9. The van der Waals surface area contributed by atoms with Gasteiger partial charge in [0.15, 0.2) is 5.72 Å². The predicted molar refractivity (Wildman–Crippen MR) is 98.4 cm³/mol. The number of nitrogens with two attached hydrogens (primary N) is 1. The molecule has 0 spiro atoms. The van der Waals surface area contributed by atoms with Gasteiger partial charge in [-0.15, -0.1) is 0 Å². The molecule has 138 valence electrons. The molecule has 1 aliphatic heterocycles. The Morgan fingerprint density at radius 1 is 1.19 bits per heavy atom. The maximum Gasteiger partial charge on any atom is 0.257 e. The first-order chi connectivity index (χ1) is 12.3. The van der Waals surface area contributed by atoms with Crippen molar-refractivity contribution in [1.29, 1.82) is 0 Å². The van der Waals surface area contributed by atoms with Crippen LogP contribution >= 0.6 is 11.6 Å². The lowest BCUT2D eigenvalue weighted by Crippen LogP contribution is -2.47. The lowest BCUT2D eigenvalue weighted by atomic mass is 9.93. The molecule has 0 radical (unpaired) electrons. The fraction of sp³-hybridized carbons (Fsp3) is 0.278. The van der Waals surface area contributed by atoms with Gasteiger partial charge in [0, 0.05) is 29.8 Å². The second-order valence-corrected chi connectivity index (χ2v) is 7.80. The number of ether oxygens (including phenoxy) is 1. The third-order valence-corrected chi connectivity index (χ3v) is 5.84.